The zero-order valence-corrected chi connectivity index (χ0v) is 18.3. The van der Waals surface area contributed by atoms with E-state index < -0.39 is 22.7 Å². The van der Waals surface area contributed by atoms with E-state index in [-0.39, 0.29) is 24.0 Å². The maximum atomic E-state index is 13.4. The SMILES string of the molecule is C[C@H]1CN(c2ccc(C(F)(F)F)c(Cl)c2)C(=O)c2c(-c3cc(-c4ccc(N)nc4)on3)cnn21. The fraction of sp³-hybridized carbons (Fsp3) is 0.182. The summed E-state index contributed by atoms with van der Waals surface area (Å²) < 4.78 is 46.3. The Labute approximate surface area is 195 Å². The van der Waals surface area contributed by atoms with E-state index in [1.54, 1.807) is 22.9 Å². The van der Waals surface area contributed by atoms with Crippen molar-refractivity contribution in [3.05, 3.63) is 65.1 Å². The summed E-state index contributed by atoms with van der Waals surface area (Å²) in [6.45, 7) is 2.05. The van der Waals surface area contributed by atoms with E-state index >= 15 is 0 Å². The Morgan fingerprint density at radius 2 is 1.97 bits per heavy atom. The van der Waals surface area contributed by atoms with E-state index in [4.69, 9.17) is 21.9 Å². The first-order valence-corrected chi connectivity index (χ1v) is 10.5. The normalized spacial score (nSPS) is 16.1. The molecule has 0 fully saturated rings. The lowest BCUT2D eigenvalue weighted by molar-refractivity contribution is -0.137. The van der Waals surface area contributed by atoms with E-state index in [0.717, 1.165) is 12.1 Å². The summed E-state index contributed by atoms with van der Waals surface area (Å²) in [4.78, 5) is 18.8. The Hall–Kier alpha value is -3.86. The Balaban J connectivity index is 1.51. The van der Waals surface area contributed by atoms with Gasteiger partial charge >= 0.3 is 6.18 Å². The number of carbonyl (C=O) groups excluding carboxylic acids is 1. The van der Waals surface area contributed by atoms with E-state index in [9.17, 15) is 18.0 Å². The monoisotopic (exact) mass is 488 g/mol. The van der Waals surface area contributed by atoms with Crippen LogP contribution in [0.3, 0.4) is 0 Å². The maximum absolute atomic E-state index is 13.4. The molecule has 4 aromatic rings. The Morgan fingerprint density at radius 3 is 2.65 bits per heavy atom. The topological polar surface area (TPSA) is 103 Å². The number of carbonyl (C=O) groups is 1. The third-order valence-electron chi connectivity index (χ3n) is 5.53. The first kappa shape index (κ1) is 22.0. The predicted octanol–water partition coefficient (Wildman–Crippen LogP) is 5.08. The molecule has 2 N–H and O–H groups in total. The van der Waals surface area contributed by atoms with E-state index in [0.29, 0.717) is 28.4 Å². The van der Waals surface area contributed by atoms with Gasteiger partial charge in [-0.1, -0.05) is 16.8 Å². The number of pyridine rings is 1. The third-order valence-corrected chi connectivity index (χ3v) is 5.85. The van der Waals surface area contributed by atoms with Gasteiger partial charge in [0.2, 0.25) is 0 Å². The van der Waals surface area contributed by atoms with Gasteiger partial charge in [0, 0.05) is 30.1 Å². The molecule has 1 aliphatic heterocycles. The van der Waals surface area contributed by atoms with E-state index in [1.165, 1.54) is 23.4 Å². The van der Waals surface area contributed by atoms with E-state index in [2.05, 4.69) is 15.2 Å². The van der Waals surface area contributed by atoms with Crippen LogP contribution in [-0.2, 0) is 6.18 Å². The quantitative estimate of drug-likeness (QED) is 0.431. The molecule has 1 aliphatic rings. The molecule has 0 saturated carbocycles. The zero-order chi connectivity index (χ0) is 24.2. The van der Waals surface area contributed by atoms with Crippen molar-refractivity contribution in [2.75, 3.05) is 17.2 Å². The fourth-order valence-corrected chi connectivity index (χ4v) is 4.15. The number of aromatic nitrogens is 4. The molecular formula is C22H16ClF3N6O2. The van der Waals surface area contributed by atoms with Crippen LogP contribution in [0.15, 0.2) is 53.3 Å². The van der Waals surface area contributed by atoms with Crippen molar-refractivity contribution >= 4 is 29.0 Å². The van der Waals surface area contributed by atoms with Gasteiger partial charge in [-0.05, 0) is 37.3 Å². The number of hydrogen-bond acceptors (Lipinski definition) is 6. The van der Waals surface area contributed by atoms with Crippen molar-refractivity contribution in [1.29, 1.82) is 0 Å². The predicted molar refractivity (Wildman–Crippen MR) is 118 cm³/mol. The summed E-state index contributed by atoms with van der Waals surface area (Å²) in [6, 6.07) is 7.98. The van der Waals surface area contributed by atoms with Crippen LogP contribution < -0.4 is 10.6 Å². The number of alkyl halides is 3. The molecule has 5 rings (SSSR count). The molecule has 0 unspecified atom stereocenters. The molecule has 0 bridgehead atoms. The second-order valence-electron chi connectivity index (χ2n) is 7.83. The van der Waals surface area contributed by atoms with Crippen molar-refractivity contribution in [2.45, 2.75) is 19.1 Å². The van der Waals surface area contributed by atoms with Gasteiger partial charge in [-0.3, -0.25) is 9.48 Å². The minimum Gasteiger partial charge on any atom is -0.384 e. The number of benzene rings is 1. The summed E-state index contributed by atoms with van der Waals surface area (Å²) in [5.74, 6) is 0.336. The molecule has 3 aromatic heterocycles. The minimum atomic E-state index is -4.59. The Bertz CT molecular complexity index is 1400. The lowest BCUT2D eigenvalue weighted by Gasteiger charge is -2.32. The van der Waals surface area contributed by atoms with Gasteiger partial charge in [-0.15, -0.1) is 0 Å². The molecule has 1 amide bonds. The first-order valence-electron chi connectivity index (χ1n) is 10.1. The molecule has 12 heteroatoms. The van der Waals surface area contributed by atoms with Crippen LogP contribution in [0.25, 0.3) is 22.6 Å². The lowest BCUT2D eigenvalue weighted by atomic mass is 10.1. The average Bonchev–Trinajstić information content (AvgIpc) is 3.43. The summed E-state index contributed by atoms with van der Waals surface area (Å²) in [5, 5.41) is 7.92. The summed E-state index contributed by atoms with van der Waals surface area (Å²) >= 11 is 5.88. The minimum absolute atomic E-state index is 0.204. The highest BCUT2D eigenvalue weighted by atomic mass is 35.5. The molecule has 174 valence electrons. The number of amides is 1. The van der Waals surface area contributed by atoms with Crippen molar-refractivity contribution in [3.8, 4) is 22.6 Å². The molecule has 0 aliphatic carbocycles. The highest BCUT2D eigenvalue weighted by molar-refractivity contribution is 6.31. The molecule has 0 radical (unpaired) electrons. The number of rotatable bonds is 3. The molecule has 8 nitrogen and oxygen atoms in total. The van der Waals surface area contributed by atoms with Crippen LogP contribution in [0.5, 0.6) is 0 Å². The Kier molecular flexibility index (Phi) is 5.08. The van der Waals surface area contributed by atoms with Crippen molar-refractivity contribution in [3.63, 3.8) is 0 Å². The first-order chi connectivity index (χ1) is 16.1. The third kappa shape index (κ3) is 3.67. The van der Waals surface area contributed by atoms with Crippen LogP contribution >= 0.6 is 11.6 Å². The summed E-state index contributed by atoms with van der Waals surface area (Å²) in [6.07, 6.45) is -1.54. The van der Waals surface area contributed by atoms with Crippen molar-refractivity contribution in [1.82, 2.24) is 19.9 Å². The largest absolute Gasteiger partial charge is 0.417 e. The second kappa shape index (κ2) is 7.87. The number of fused-ring (bicyclic) bond motifs is 1. The van der Waals surface area contributed by atoms with Gasteiger partial charge in [-0.25, -0.2) is 4.98 Å². The highest BCUT2D eigenvalue weighted by Crippen LogP contribution is 2.39. The molecule has 34 heavy (non-hydrogen) atoms. The lowest BCUT2D eigenvalue weighted by Crippen LogP contribution is -2.42. The number of nitrogens with two attached hydrogens (primary N) is 1. The van der Waals surface area contributed by atoms with Gasteiger partial charge in [0.15, 0.2) is 5.76 Å². The maximum Gasteiger partial charge on any atom is 0.417 e. The second-order valence-corrected chi connectivity index (χ2v) is 8.23. The van der Waals surface area contributed by atoms with Crippen molar-refractivity contribution < 1.29 is 22.5 Å². The standard InChI is InChI=1S/C22H16ClF3N6O2/c1-11-10-31(13-3-4-15(16(23)6-13)22(24,25)26)21(33)20-14(9-29-32(11)20)17-7-18(34-30-17)12-2-5-19(27)28-8-12/h2-9,11H,10H2,1H3,(H2,27,28)/t11-/m0/s1. The molecular weight excluding hydrogens is 473 g/mol. The molecule has 0 saturated heterocycles. The van der Waals surface area contributed by atoms with Gasteiger partial charge in [-0.2, -0.15) is 18.3 Å². The van der Waals surface area contributed by atoms with Crippen LogP contribution in [0.2, 0.25) is 5.02 Å². The highest BCUT2D eigenvalue weighted by Gasteiger charge is 2.37. The molecule has 4 heterocycles. The van der Waals surface area contributed by atoms with Gasteiger partial charge in [0.1, 0.15) is 17.2 Å². The number of halogens is 4. The van der Waals surface area contributed by atoms with Crippen LogP contribution in [0, 0.1) is 0 Å². The average molecular weight is 489 g/mol. The van der Waals surface area contributed by atoms with Gasteiger partial charge in [0.05, 0.1) is 28.4 Å². The summed E-state index contributed by atoms with van der Waals surface area (Å²) in [5.41, 5.74) is 6.60. The van der Waals surface area contributed by atoms with Crippen LogP contribution in [0.1, 0.15) is 29.0 Å². The summed E-state index contributed by atoms with van der Waals surface area (Å²) in [7, 11) is 0. The molecule has 1 atom stereocenters. The van der Waals surface area contributed by atoms with Crippen molar-refractivity contribution in [2.24, 2.45) is 0 Å². The number of hydrogen-bond donors (Lipinski definition) is 1. The number of anilines is 2. The van der Waals surface area contributed by atoms with E-state index in [1.807, 2.05) is 6.92 Å². The fourth-order valence-electron chi connectivity index (χ4n) is 3.86. The van der Waals surface area contributed by atoms with Crippen LogP contribution in [-0.4, -0.2) is 32.4 Å². The number of nitrogen functional groups attached to an aromatic ring is 1. The van der Waals surface area contributed by atoms with Gasteiger partial charge in [0.25, 0.3) is 5.91 Å². The Morgan fingerprint density at radius 1 is 1.18 bits per heavy atom. The zero-order valence-electron chi connectivity index (χ0n) is 17.5. The van der Waals surface area contributed by atoms with Crippen LogP contribution in [0.4, 0.5) is 24.7 Å². The number of nitrogens with zero attached hydrogens (tertiary/aromatic N) is 5. The molecule has 1 aromatic carbocycles. The van der Waals surface area contributed by atoms with Gasteiger partial charge < -0.3 is 15.2 Å². The smallest absolute Gasteiger partial charge is 0.384 e. The molecule has 0 spiro atoms.